The van der Waals surface area contributed by atoms with Gasteiger partial charge in [-0.15, -0.1) is 0 Å². The Labute approximate surface area is 166 Å². The number of likely N-dealkylation sites (tertiary alicyclic amines) is 1. The van der Waals surface area contributed by atoms with Gasteiger partial charge in [-0.1, -0.05) is 0 Å². The molecular weight excluding hydrogens is 358 g/mol. The first-order valence-corrected chi connectivity index (χ1v) is 10.6. The standard InChI is InChI=1S/C21H31N3O4/c1-2-28-20(26)21-7-5-17(23-10-12-27-13-11-23)14-16(21)6-9-24(15-21)19(25)18-4-3-8-22-18/h3-4,8,16-17,22H,2,5-7,9-15H2,1H3/t16-,17-,21-/m1/s1. The van der Waals surface area contributed by atoms with Crippen molar-refractivity contribution in [3.63, 3.8) is 0 Å². The summed E-state index contributed by atoms with van der Waals surface area (Å²) in [5.74, 6) is 0.118. The van der Waals surface area contributed by atoms with Gasteiger partial charge in [0.1, 0.15) is 5.69 Å². The molecule has 3 heterocycles. The van der Waals surface area contributed by atoms with E-state index in [4.69, 9.17) is 9.47 Å². The van der Waals surface area contributed by atoms with Crippen LogP contribution in [0.1, 0.15) is 43.1 Å². The molecule has 2 aliphatic heterocycles. The van der Waals surface area contributed by atoms with Crippen molar-refractivity contribution in [3.8, 4) is 0 Å². The summed E-state index contributed by atoms with van der Waals surface area (Å²) < 4.78 is 11.0. The SMILES string of the molecule is CCOC(=O)[C@@]12CC[C@@H](N3CCOCC3)C[C@H]1CCN(C(=O)c1ccc[nH]1)C2. The van der Waals surface area contributed by atoms with Crippen molar-refractivity contribution in [3.05, 3.63) is 24.0 Å². The number of esters is 1. The van der Waals surface area contributed by atoms with Crippen LogP contribution in [-0.2, 0) is 14.3 Å². The molecule has 0 bridgehead atoms. The second kappa shape index (κ2) is 8.25. The summed E-state index contributed by atoms with van der Waals surface area (Å²) in [6, 6.07) is 4.12. The van der Waals surface area contributed by atoms with Crippen LogP contribution in [0.5, 0.6) is 0 Å². The predicted molar refractivity (Wildman–Crippen MR) is 104 cm³/mol. The highest BCUT2D eigenvalue weighted by atomic mass is 16.5. The van der Waals surface area contributed by atoms with E-state index in [1.54, 1.807) is 12.3 Å². The van der Waals surface area contributed by atoms with Gasteiger partial charge in [-0.3, -0.25) is 14.5 Å². The molecule has 28 heavy (non-hydrogen) atoms. The molecule has 1 amide bonds. The third kappa shape index (κ3) is 3.57. The molecule has 0 aromatic carbocycles. The lowest BCUT2D eigenvalue weighted by Gasteiger charge is -2.52. The molecule has 1 aromatic rings. The minimum Gasteiger partial charge on any atom is -0.466 e. The number of rotatable bonds is 4. The van der Waals surface area contributed by atoms with Gasteiger partial charge in [0.2, 0.25) is 0 Å². The molecule has 3 atom stereocenters. The Bertz CT molecular complexity index is 686. The fourth-order valence-corrected chi connectivity index (χ4v) is 5.32. The Hall–Kier alpha value is -1.86. The topological polar surface area (TPSA) is 74.9 Å². The van der Waals surface area contributed by atoms with Crippen LogP contribution in [-0.4, -0.2) is 78.7 Å². The number of aromatic amines is 1. The van der Waals surface area contributed by atoms with Crippen LogP contribution < -0.4 is 0 Å². The number of nitrogens with zero attached hydrogens (tertiary/aromatic N) is 2. The molecule has 0 spiro atoms. The summed E-state index contributed by atoms with van der Waals surface area (Å²) in [5, 5.41) is 0. The first-order valence-electron chi connectivity index (χ1n) is 10.6. The van der Waals surface area contributed by atoms with E-state index in [9.17, 15) is 9.59 Å². The maximum atomic E-state index is 13.1. The van der Waals surface area contributed by atoms with Crippen molar-refractivity contribution in [2.75, 3.05) is 46.0 Å². The van der Waals surface area contributed by atoms with E-state index < -0.39 is 5.41 Å². The molecule has 1 saturated carbocycles. The Kier molecular flexibility index (Phi) is 5.73. The smallest absolute Gasteiger partial charge is 0.314 e. The number of nitrogens with one attached hydrogen (secondary N) is 1. The molecule has 4 rings (SSSR count). The molecule has 0 unspecified atom stereocenters. The summed E-state index contributed by atoms with van der Waals surface area (Å²) in [4.78, 5) is 33.3. The maximum absolute atomic E-state index is 13.1. The Morgan fingerprint density at radius 3 is 2.82 bits per heavy atom. The third-order valence-electron chi connectivity index (χ3n) is 6.84. The van der Waals surface area contributed by atoms with E-state index in [2.05, 4.69) is 9.88 Å². The van der Waals surface area contributed by atoms with Crippen molar-refractivity contribution in [2.24, 2.45) is 11.3 Å². The number of H-pyrrole nitrogens is 1. The maximum Gasteiger partial charge on any atom is 0.314 e. The van der Waals surface area contributed by atoms with Gasteiger partial charge in [-0.25, -0.2) is 0 Å². The second-order valence-corrected chi connectivity index (χ2v) is 8.25. The predicted octanol–water partition coefficient (Wildman–Crippen LogP) is 1.91. The van der Waals surface area contributed by atoms with Crippen LogP contribution in [0, 0.1) is 11.3 Å². The number of amides is 1. The largest absolute Gasteiger partial charge is 0.466 e. The van der Waals surface area contributed by atoms with Crippen molar-refractivity contribution in [2.45, 2.75) is 38.6 Å². The zero-order valence-electron chi connectivity index (χ0n) is 16.7. The van der Waals surface area contributed by atoms with Crippen LogP contribution in [0.25, 0.3) is 0 Å². The number of hydrogen-bond acceptors (Lipinski definition) is 5. The summed E-state index contributed by atoms with van der Waals surface area (Å²) in [6.45, 7) is 6.93. The second-order valence-electron chi connectivity index (χ2n) is 8.25. The number of morpholine rings is 1. The van der Waals surface area contributed by atoms with E-state index in [-0.39, 0.29) is 17.8 Å². The van der Waals surface area contributed by atoms with Gasteiger partial charge in [0, 0.05) is 38.4 Å². The van der Waals surface area contributed by atoms with Gasteiger partial charge in [0.05, 0.1) is 25.2 Å². The van der Waals surface area contributed by atoms with Gasteiger partial charge in [-0.2, -0.15) is 0 Å². The quantitative estimate of drug-likeness (QED) is 0.797. The van der Waals surface area contributed by atoms with E-state index in [0.717, 1.165) is 52.0 Å². The van der Waals surface area contributed by atoms with Gasteiger partial charge in [-0.05, 0) is 50.7 Å². The van der Waals surface area contributed by atoms with Crippen LogP contribution >= 0.6 is 0 Å². The van der Waals surface area contributed by atoms with Gasteiger partial charge < -0.3 is 19.4 Å². The lowest BCUT2D eigenvalue weighted by Crippen LogP contribution is -2.59. The molecule has 1 aromatic heterocycles. The van der Waals surface area contributed by atoms with Crippen LogP contribution in [0.3, 0.4) is 0 Å². The van der Waals surface area contributed by atoms with E-state index in [1.807, 2.05) is 17.9 Å². The first-order chi connectivity index (χ1) is 13.6. The average Bonchev–Trinajstić information content (AvgIpc) is 3.28. The normalized spacial score (nSPS) is 31.2. The summed E-state index contributed by atoms with van der Waals surface area (Å²) in [5.41, 5.74) is 0.0127. The van der Waals surface area contributed by atoms with Gasteiger partial charge in [0.15, 0.2) is 0 Å². The molecule has 1 aliphatic carbocycles. The molecule has 3 aliphatic rings. The third-order valence-corrected chi connectivity index (χ3v) is 6.84. The molecule has 2 saturated heterocycles. The minimum absolute atomic E-state index is 0.0255. The lowest BCUT2D eigenvalue weighted by atomic mass is 9.61. The molecule has 7 heteroatoms. The highest BCUT2D eigenvalue weighted by Gasteiger charge is 2.54. The molecular formula is C21H31N3O4. The highest BCUT2D eigenvalue weighted by Crippen LogP contribution is 2.48. The van der Waals surface area contributed by atoms with Crippen LogP contribution in [0.15, 0.2) is 18.3 Å². The lowest BCUT2D eigenvalue weighted by molar-refractivity contribution is -0.168. The Balaban J connectivity index is 1.52. The monoisotopic (exact) mass is 389 g/mol. The highest BCUT2D eigenvalue weighted by molar-refractivity contribution is 5.93. The first kappa shape index (κ1) is 19.5. The molecule has 154 valence electrons. The van der Waals surface area contributed by atoms with Crippen molar-refractivity contribution < 1.29 is 19.1 Å². The van der Waals surface area contributed by atoms with Gasteiger partial charge >= 0.3 is 5.97 Å². The molecule has 7 nitrogen and oxygen atoms in total. The Morgan fingerprint density at radius 1 is 1.29 bits per heavy atom. The van der Waals surface area contributed by atoms with Crippen molar-refractivity contribution in [1.29, 1.82) is 0 Å². The van der Waals surface area contributed by atoms with Gasteiger partial charge in [0.25, 0.3) is 5.91 Å². The number of ether oxygens (including phenoxy) is 2. The molecule has 0 radical (unpaired) electrons. The van der Waals surface area contributed by atoms with E-state index in [0.29, 0.717) is 31.4 Å². The zero-order valence-corrected chi connectivity index (χ0v) is 16.7. The summed E-state index contributed by atoms with van der Waals surface area (Å²) in [7, 11) is 0. The summed E-state index contributed by atoms with van der Waals surface area (Å²) in [6.07, 6.45) is 5.37. The van der Waals surface area contributed by atoms with Crippen molar-refractivity contribution >= 4 is 11.9 Å². The number of carbonyl (C=O) groups excluding carboxylic acids is 2. The fourth-order valence-electron chi connectivity index (χ4n) is 5.32. The van der Waals surface area contributed by atoms with Crippen LogP contribution in [0.2, 0.25) is 0 Å². The minimum atomic E-state index is -0.570. The van der Waals surface area contributed by atoms with Crippen molar-refractivity contribution in [1.82, 2.24) is 14.8 Å². The van der Waals surface area contributed by atoms with Crippen LogP contribution in [0.4, 0.5) is 0 Å². The molecule has 1 N–H and O–H groups in total. The van der Waals surface area contributed by atoms with E-state index >= 15 is 0 Å². The number of fused-ring (bicyclic) bond motifs is 1. The number of carbonyl (C=O) groups is 2. The Morgan fingerprint density at radius 2 is 2.11 bits per heavy atom. The number of hydrogen-bond donors (Lipinski definition) is 1. The molecule has 3 fully saturated rings. The number of piperidine rings is 1. The van der Waals surface area contributed by atoms with E-state index in [1.165, 1.54) is 0 Å². The average molecular weight is 389 g/mol. The fraction of sp³-hybridized carbons (Fsp3) is 0.714. The zero-order chi connectivity index (χ0) is 19.6. The summed E-state index contributed by atoms with van der Waals surface area (Å²) >= 11 is 0. The number of aromatic nitrogens is 1.